The van der Waals surface area contributed by atoms with E-state index in [1.165, 1.54) is 6.33 Å². The van der Waals surface area contributed by atoms with Crippen LogP contribution >= 0.6 is 0 Å². The fourth-order valence-corrected chi connectivity index (χ4v) is 2.75. The molecule has 0 unspecified atom stereocenters. The molecule has 138 valence electrons. The first-order valence-corrected chi connectivity index (χ1v) is 8.65. The summed E-state index contributed by atoms with van der Waals surface area (Å²) >= 11 is 0. The SMILES string of the molecule is COc1cc2ncnc(C#CC(C)(C)N(C)c3ccccc3)c2cc1OC. The Labute approximate surface area is 160 Å². The highest BCUT2D eigenvalue weighted by molar-refractivity contribution is 5.86. The minimum Gasteiger partial charge on any atom is -0.493 e. The van der Waals surface area contributed by atoms with Gasteiger partial charge in [-0.3, -0.25) is 0 Å². The molecule has 0 radical (unpaired) electrons. The Morgan fingerprint density at radius 1 is 0.963 bits per heavy atom. The lowest BCUT2D eigenvalue weighted by molar-refractivity contribution is 0.356. The first-order valence-electron chi connectivity index (χ1n) is 8.65. The molecular formula is C22H23N3O2. The molecule has 2 aromatic carbocycles. The minimum absolute atomic E-state index is 0.380. The van der Waals surface area contributed by atoms with Crippen LogP contribution in [0.1, 0.15) is 19.5 Å². The van der Waals surface area contributed by atoms with Gasteiger partial charge in [0.15, 0.2) is 11.5 Å². The number of fused-ring (bicyclic) bond motifs is 1. The molecule has 0 fully saturated rings. The number of para-hydroxylation sites is 1. The number of aromatic nitrogens is 2. The van der Waals surface area contributed by atoms with Crippen molar-refractivity contribution in [3.8, 4) is 23.3 Å². The molecule has 3 aromatic rings. The van der Waals surface area contributed by atoms with E-state index in [1.807, 2.05) is 37.4 Å². The Hall–Kier alpha value is -3.26. The zero-order valence-corrected chi connectivity index (χ0v) is 16.3. The van der Waals surface area contributed by atoms with Crippen LogP contribution in [0.2, 0.25) is 0 Å². The molecule has 0 spiro atoms. The van der Waals surface area contributed by atoms with Crippen molar-refractivity contribution in [1.29, 1.82) is 0 Å². The Kier molecular flexibility index (Phi) is 5.18. The summed E-state index contributed by atoms with van der Waals surface area (Å²) in [7, 11) is 5.25. The summed E-state index contributed by atoms with van der Waals surface area (Å²) in [5.41, 5.74) is 2.15. The van der Waals surface area contributed by atoms with Crippen LogP contribution < -0.4 is 14.4 Å². The van der Waals surface area contributed by atoms with Crippen molar-refractivity contribution < 1.29 is 9.47 Å². The third-order valence-electron chi connectivity index (χ3n) is 4.61. The summed E-state index contributed by atoms with van der Waals surface area (Å²) in [4.78, 5) is 10.8. The fourth-order valence-electron chi connectivity index (χ4n) is 2.75. The van der Waals surface area contributed by atoms with Gasteiger partial charge in [-0.05, 0) is 38.0 Å². The van der Waals surface area contributed by atoms with E-state index < -0.39 is 0 Å². The van der Waals surface area contributed by atoms with E-state index >= 15 is 0 Å². The van der Waals surface area contributed by atoms with Crippen LogP contribution in [0.4, 0.5) is 5.69 Å². The fraction of sp³-hybridized carbons (Fsp3) is 0.273. The van der Waals surface area contributed by atoms with Crippen LogP contribution in [-0.2, 0) is 0 Å². The molecule has 5 heteroatoms. The summed E-state index contributed by atoms with van der Waals surface area (Å²) in [5.74, 6) is 7.83. The standard InChI is InChI=1S/C22H23N3O2/c1-22(2,25(3)16-9-7-6-8-10-16)12-11-18-17-13-20(26-4)21(27-5)14-19(17)24-15-23-18/h6-10,13-15H,1-5H3. The molecule has 0 N–H and O–H groups in total. The zero-order chi connectivity index (χ0) is 19.4. The number of methoxy groups -OCH3 is 2. The van der Waals surface area contributed by atoms with Gasteiger partial charge in [0, 0.05) is 24.2 Å². The number of nitrogens with zero attached hydrogens (tertiary/aromatic N) is 3. The van der Waals surface area contributed by atoms with Crippen molar-refractivity contribution in [2.75, 3.05) is 26.2 Å². The first kappa shape index (κ1) is 18.5. The van der Waals surface area contributed by atoms with Gasteiger partial charge in [-0.15, -0.1) is 0 Å². The molecule has 0 saturated heterocycles. The van der Waals surface area contributed by atoms with Gasteiger partial charge in [0.2, 0.25) is 0 Å². The Balaban J connectivity index is 2.02. The molecule has 0 aliphatic carbocycles. The summed E-state index contributed by atoms with van der Waals surface area (Å²) in [6, 6.07) is 13.9. The van der Waals surface area contributed by atoms with Gasteiger partial charge in [-0.2, -0.15) is 0 Å². The van der Waals surface area contributed by atoms with E-state index in [9.17, 15) is 0 Å². The van der Waals surface area contributed by atoms with E-state index in [0.29, 0.717) is 17.2 Å². The average molecular weight is 361 g/mol. The van der Waals surface area contributed by atoms with Crippen LogP contribution in [0, 0.1) is 11.8 Å². The maximum absolute atomic E-state index is 5.40. The summed E-state index contributed by atoms with van der Waals surface area (Å²) in [6.07, 6.45) is 1.52. The number of benzene rings is 2. The van der Waals surface area contributed by atoms with E-state index in [1.54, 1.807) is 14.2 Å². The van der Waals surface area contributed by atoms with Crippen LogP contribution in [0.15, 0.2) is 48.8 Å². The molecule has 27 heavy (non-hydrogen) atoms. The van der Waals surface area contributed by atoms with Crippen LogP contribution in [-0.4, -0.2) is 36.8 Å². The molecular weight excluding hydrogens is 338 g/mol. The molecule has 0 aliphatic heterocycles. The van der Waals surface area contributed by atoms with Gasteiger partial charge in [-0.25, -0.2) is 9.97 Å². The van der Waals surface area contributed by atoms with Gasteiger partial charge in [-0.1, -0.05) is 24.1 Å². The lowest BCUT2D eigenvalue weighted by atomic mass is 10.0. The predicted molar refractivity (Wildman–Crippen MR) is 108 cm³/mol. The number of anilines is 1. The molecule has 0 bridgehead atoms. The molecule has 1 heterocycles. The van der Waals surface area contributed by atoms with Crippen molar-refractivity contribution in [1.82, 2.24) is 9.97 Å². The summed E-state index contributed by atoms with van der Waals surface area (Å²) < 4.78 is 10.8. The topological polar surface area (TPSA) is 47.5 Å². The number of hydrogen-bond donors (Lipinski definition) is 0. The maximum atomic E-state index is 5.40. The van der Waals surface area contributed by atoms with Gasteiger partial charge >= 0.3 is 0 Å². The second-order valence-electron chi connectivity index (χ2n) is 6.65. The Morgan fingerprint density at radius 2 is 1.63 bits per heavy atom. The second-order valence-corrected chi connectivity index (χ2v) is 6.65. The van der Waals surface area contributed by atoms with Gasteiger partial charge in [0.1, 0.15) is 12.0 Å². The lowest BCUT2D eigenvalue weighted by Crippen LogP contribution is -2.39. The normalized spacial score (nSPS) is 10.9. The summed E-state index contributed by atoms with van der Waals surface area (Å²) in [6.45, 7) is 4.17. The number of hydrogen-bond acceptors (Lipinski definition) is 5. The van der Waals surface area contributed by atoms with Gasteiger partial charge in [0.05, 0.1) is 25.3 Å². The molecule has 5 nitrogen and oxygen atoms in total. The lowest BCUT2D eigenvalue weighted by Gasteiger charge is -2.33. The zero-order valence-electron chi connectivity index (χ0n) is 16.3. The van der Waals surface area contributed by atoms with Crippen LogP contribution in [0.25, 0.3) is 10.9 Å². The quantitative estimate of drug-likeness (QED) is 0.659. The maximum Gasteiger partial charge on any atom is 0.162 e. The van der Waals surface area contributed by atoms with E-state index in [2.05, 4.69) is 52.7 Å². The van der Waals surface area contributed by atoms with Crippen LogP contribution in [0.3, 0.4) is 0 Å². The second kappa shape index (κ2) is 7.55. The Morgan fingerprint density at radius 3 is 2.30 bits per heavy atom. The predicted octanol–water partition coefficient (Wildman–Crippen LogP) is 3.91. The van der Waals surface area contributed by atoms with E-state index in [0.717, 1.165) is 16.6 Å². The molecule has 0 aliphatic rings. The van der Waals surface area contributed by atoms with Crippen molar-refractivity contribution >= 4 is 16.6 Å². The summed E-state index contributed by atoms with van der Waals surface area (Å²) in [5, 5.41) is 0.834. The Bertz CT molecular complexity index is 1000. The van der Waals surface area contributed by atoms with Crippen molar-refractivity contribution in [3.05, 3.63) is 54.5 Å². The molecule has 0 saturated carbocycles. The molecule has 0 atom stereocenters. The average Bonchev–Trinajstić information content (AvgIpc) is 2.71. The largest absolute Gasteiger partial charge is 0.493 e. The number of rotatable bonds is 4. The minimum atomic E-state index is -0.380. The van der Waals surface area contributed by atoms with Gasteiger partial charge in [0.25, 0.3) is 0 Å². The highest BCUT2D eigenvalue weighted by Gasteiger charge is 2.21. The highest BCUT2D eigenvalue weighted by Crippen LogP contribution is 2.32. The van der Waals surface area contributed by atoms with Crippen molar-refractivity contribution in [2.24, 2.45) is 0 Å². The first-order chi connectivity index (χ1) is 13.0. The van der Waals surface area contributed by atoms with Crippen molar-refractivity contribution in [2.45, 2.75) is 19.4 Å². The third kappa shape index (κ3) is 3.80. The smallest absolute Gasteiger partial charge is 0.162 e. The van der Waals surface area contributed by atoms with Crippen LogP contribution in [0.5, 0.6) is 11.5 Å². The molecule has 1 aromatic heterocycles. The highest BCUT2D eigenvalue weighted by atomic mass is 16.5. The molecule has 3 rings (SSSR count). The van der Waals surface area contributed by atoms with Gasteiger partial charge < -0.3 is 14.4 Å². The third-order valence-corrected chi connectivity index (χ3v) is 4.61. The van der Waals surface area contributed by atoms with E-state index in [-0.39, 0.29) is 5.54 Å². The van der Waals surface area contributed by atoms with Crippen molar-refractivity contribution in [3.63, 3.8) is 0 Å². The van der Waals surface area contributed by atoms with E-state index in [4.69, 9.17) is 9.47 Å². The number of ether oxygens (including phenoxy) is 2. The molecule has 0 amide bonds. The monoisotopic (exact) mass is 361 g/mol.